The molecule has 0 bridgehead atoms. The molecule has 4 aromatic carbocycles. The lowest BCUT2D eigenvalue weighted by Gasteiger charge is -2.25. The Kier molecular flexibility index (Phi) is 15.5. The first-order chi connectivity index (χ1) is 29.2. The van der Waals surface area contributed by atoms with Gasteiger partial charge in [0.15, 0.2) is 0 Å². The Bertz CT molecular complexity index is 2340. The average Bonchev–Trinajstić information content (AvgIpc) is 3.21. The van der Waals surface area contributed by atoms with Crippen molar-refractivity contribution in [1.82, 2.24) is 15.3 Å². The molecular formula is C52H61N3O4S2. The van der Waals surface area contributed by atoms with Crippen LogP contribution in [0.2, 0.25) is 0 Å². The van der Waals surface area contributed by atoms with Crippen molar-refractivity contribution in [2.45, 2.75) is 104 Å². The summed E-state index contributed by atoms with van der Waals surface area (Å²) in [6.45, 7) is 19.0. The van der Waals surface area contributed by atoms with Crippen molar-refractivity contribution in [3.8, 4) is 33.8 Å². The Morgan fingerprint density at radius 2 is 0.885 bits per heavy atom. The van der Waals surface area contributed by atoms with E-state index in [9.17, 15) is 8.42 Å². The van der Waals surface area contributed by atoms with Crippen LogP contribution in [0.5, 0.6) is 11.5 Å². The summed E-state index contributed by atoms with van der Waals surface area (Å²) in [6.07, 6.45) is 5.01. The maximum absolute atomic E-state index is 12.7. The summed E-state index contributed by atoms with van der Waals surface area (Å²) in [5.41, 5.74) is 15.1. The van der Waals surface area contributed by atoms with Gasteiger partial charge in [-0.05, 0) is 110 Å². The van der Waals surface area contributed by atoms with Crippen molar-refractivity contribution < 1.29 is 17.9 Å². The van der Waals surface area contributed by atoms with Crippen molar-refractivity contribution in [2.24, 2.45) is 11.8 Å². The highest BCUT2D eigenvalue weighted by Crippen LogP contribution is 2.37. The van der Waals surface area contributed by atoms with E-state index in [1.165, 1.54) is 11.1 Å². The van der Waals surface area contributed by atoms with Crippen molar-refractivity contribution in [1.29, 1.82) is 0 Å². The predicted octanol–water partition coefficient (Wildman–Crippen LogP) is 11.4. The lowest BCUT2D eigenvalue weighted by Crippen LogP contribution is -2.21. The maximum atomic E-state index is 12.7. The summed E-state index contributed by atoms with van der Waals surface area (Å²) in [7, 11) is -2.40. The van der Waals surface area contributed by atoms with E-state index in [1.54, 1.807) is 12.5 Å². The highest BCUT2D eigenvalue weighted by atomic mass is 32.2. The monoisotopic (exact) mass is 855 g/mol. The maximum Gasteiger partial charge on any atom is 0.135 e. The number of aromatic nitrogens is 2. The molecule has 0 fully saturated rings. The summed E-state index contributed by atoms with van der Waals surface area (Å²) in [5, 5.41) is 3.94. The molecule has 2 aromatic heterocycles. The zero-order valence-electron chi connectivity index (χ0n) is 37.5. The van der Waals surface area contributed by atoms with Crippen LogP contribution in [0.25, 0.3) is 22.3 Å². The number of aryl methyl sites for hydroxylation is 4. The van der Waals surface area contributed by atoms with Crippen LogP contribution in [0.3, 0.4) is 0 Å². The molecule has 61 heavy (non-hydrogen) atoms. The molecular weight excluding hydrogens is 795 g/mol. The minimum absolute atomic E-state index is 0.279. The number of nitrogens with one attached hydrogen (secondary N) is 1. The molecule has 0 aliphatic rings. The molecule has 0 aliphatic carbocycles. The number of rotatable bonds is 18. The van der Waals surface area contributed by atoms with Gasteiger partial charge in [0.2, 0.25) is 0 Å². The van der Waals surface area contributed by atoms with Gasteiger partial charge in [0.1, 0.15) is 24.7 Å². The number of hydrogen-bond acceptors (Lipinski definition) is 7. The van der Waals surface area contributed by atoms with Gasteiger partial charge in [0.05, 0.1) is 31.4 Å². The second-order valence-corrected chi connectivity index (χ2v) is 19.6. The van der Waals surface area contributed by atoms with Gasteiger partial charge in [-0.25, -0.2) is 0 Å². The number of ether oxygens (including phenoxy) is 2. The fourth-order valence-electron chi connectivity index (χ4n) is 7.90. The molecule has 2 unspecified atom stereocenters. The van der Waals surface area contributed by atoms with Crippen LogP contribution in [0, 0.1) is 39.5 Å². The van der Waals surface area contributed by atoms with Crippen molar-refractivity contribution >= 4 is 21.6 Å². The zero-order chi connectivity index (χ0) is 43.8. The van der Waals surface area contributed by atoms with Crippen LogP contribution in [-0.2, 0) is 60.7 Å². The lowest BCUT2D eigenvalue weighted by atomic mass is 9.89. The topological polar surface area (TPSA) is 90.4 Å². The number of para-hydroxylation sites is 2. The summed E-state index contributed by atoms with van der Waals surface area (Å²) >= 11 is 0. The first-order valence-corrected chi connectivity index (χ1v) is 24.3. The van der Waals surface area contributed by atoms with E-state index in [4.69, 9.17) is 19.4 Å². The van der Waals surface area contributed by atoms with Crippen molar-refractivity contribution in [3.63, 3.8) is 0 Å². The largest absolute Gasteiger partial charge is 0.488 e. The highest BCUT2D eigenvalue weighted by molar-refractivity contribution is 7.84. The number of hydrogen-bond donors (Lipinski definition) is 1. The summed E-state index contributed by atoms with van der Waals surface area (Å²) in [4.78, 5) is 12.0. The van der Waals surface area contributed by atoms with Gasteiger partial charge in [-0.2, -0.15) is 0 Å². The van der Waals surface area contributed by atoms with E-state index in [1.807, 2.05) is 48.5 Å². The van der Waals surface area contributed by atoms with E-state index in [2.05, 4.69) is 109 Å². The Balaban J connectivity index is 1.47. The molecule has 7 nitrogen and oxygen atoms in total. The van der Waals surface area contributed by atoms with Crippen molar-refractivity contribution in [3.05, 3.63) is 153 Å². The number of benzene rings is 4. The van der Waals surface area contributed by atoms with Gasteiger partial charge in [0, 0.05) is 59.5 Å². The molecule has 6 rings (SSSR count). The third-order valence-corrected chi connectivity index (χ3v) is 12.8. The average molecular weight is 856 g/mol. The third-order valence-electron chi connectivity index (χ3n) is 10.9. The van der Waals surface area contributed by atoms with Crippen LogP contribution < -0.4 is 14.8 Å². The van der Waals surface area contributed by atoms with Gasteiger partial charge in [-0.15, -0.1) is 0 Å². The Hall–Kier alpha value is -4.96. The van der Waals surface area contributed by atoms with Crippen LogP contribution in [0.4, 0.5) is 0 Å². The first kappa shape index (κ1) is 45.6. The summed E-state index contributed by atoms with van der Waals surface area (Å²) < 4.78 is 38.4. The quantitative estimate of drug-likeness (QED) is 0.0921. The summed E-state index contributed by atoms with van der Waals surface area (Å²) in [6, 6.07) is 32.6. The minimum atomic E-state index is -1.20. The first-order valence-electron chi connectivity index (χ1n) is 21.2. The van der Waals surface area contributed by atoms with E-state index >= 15 is 0 Å². The minimum Gasteiger partial charge on any atom is -0.488 e. The SMILES string of the molecule is Cc1ccc(-c2c(COc3ccccc3S(C)=O)c(C)nc(CC(C)C)c2CNCc2c(CC(C)C)nc(C)c(COc3ccccc3S(C)=O)c2-c2ccc(C)cc2)cc1. The van der Waals surface area contributed by atoms with Crippen LogP contribution >= 0.6 is 0 Å². The second-order valence-electron chi connectivity index (χ2n) is 16.9. The third kappa shape index (κ3) is 11.3. The van der Waals surface area contributed by atoms with Gasteiger partial charge in [-0.1, -0.05) is 112 Å². The number of nitrogens with zero attached hydrogens (tertiary/aromatic N) is 2. The molecule has 6 aromatic rings. The van der Waals surface area contributed by atoms with Crippen LogP contribution in [0.1, 0.15) is 83.9 Å². The molecule has 0 spiro atoms. The van der Waals surface area contributed by atoms with Gasteiger partial charge in [-0.3, -0.25) is 18.4 Å². The molecule has 9 heteroatoms. The molecule has 0 radical (unpaired) electrons. The molecule has 1 N–H and O–H groups in total. The molecule has 0 saturated carbocycles. The van der Waals surface area contributed by atoms with Crippen LogP contribution in [-0.4, -0.2) is 30.9 Å². The van der Waals surface area contributed by atoms with Gasteiger partial charge in [0.25, 0.3) is 0 Å². The molecule has 320 valence electrons. The lowest BCUT2D eigenvalue weighted by molar-refractivity contribution is 0.297. The smallest absolute Gasteiger partial charge is 0.135 e. The van der Waals surface area contributed by atoms with Crippen molar-refractivity contribution in [2.75, 3.05) is 12.5 Å². The van der Waals surface area contributed by atoms with E-state index in [0.29, 0.717) is 46.2 Å². The molecule has 2 atom stereocenters. The Labute approximate surface area is 368 Å². The van der Waals surface area contributed by atoms with E-state index in [0.717, 1.165) is 80.1 Å². The number of pyridine rings is 2. The highest BCUT2D eigenvalue weighted by Gasteiger charge is 2.24. The summed E-state index contributed by atoms with van der Waals surface area (Å²) in [5.74, 6) is 2.00. The van der Waals surface area contributed by atoms with Gasteiger partial charge < -0.3 is 14.8 Å². The van der Waals surface area contributed by atoms with E-state index < -0.39 is 21.6 Å². The Morgan fingerprint density at radius 1 is 0.525 bits per heavy atom. The molecule has 0 amide bonds. The van der Waals surface area contributed by atoms with Crippen LogP contribution in [0.15, 0.2) is 107 Å². The second kappa shape index (κ2) is 20.7. The zero-order valence-corrected chi connectivity index (χ0v) is 39.1. The normalized spacial score (nSPS) is 12.5. The molecule has 2 heterocycles. The predicted molar refractivity (Wildman–Crippen MR) is 252 cm³/mol. The fourth-order valence-corrected chi connectivity index (χ4v) is 9.26. The van der Waals surface area contributed by atoms with E-state index in [-0.39, 0.29) is 13.2 Å². The van der Waals surface area contributed by atoms with Gasteiger partial charge >= 0.3 is 0 Å². The Morgan fingerprint density at radius 3 is 1.23 bits per heavy atom. The fraction of sp³-hybridized carbons (Fsp3) is 0.346. The molecule has 0 saturated heterocycles. The standard InChI is InChI=1S/C52H61N3O4S2/c1-33(2)27-45-41(51(39-23-19-35(5)20-24-39)43(37(7)54-45)31-58-47-15-11-13-17-49(47)60(9)56)29-53-30-42-46(28-34(3)4)55-38(8)44(52(42)40-25-21-36(6)22-26-40)32-59-48-16-12-14-18-50(48)61(10)57/h11-26,33-34,53H,27-32H2,1-10H3. The molecule has 0 aliphatic heterocycles.